The van der Waals surface area contributed by atoms with E-state index in [9.17, 15) is 15.0 Å². The van der Waals surface area contributed by atoms with E-state index in [1.807, 2.05) is 0 Å². The largest absolute Gasteiger partial charge is 0.481 e. The molecule has 0 aromatic rings. The smallest absolute Gasteiger partial charge is 0.303 e. The monoisotopic (exact) mass is 306 g/mol. The molecule has 3 N–H and O–H groups in total. The van der Waals surface area contributed by atoms with Gasteiger partial charge >= 0.3 is 5.97 Å². The molecule has 2 unspecified atom stereocenters. The number of ether oxygens (including phenoxy) is 3. The molecule has 1 fully saturated rings. The molecule has 7 heteroatoms. The molecule has 0 bridgehead atoms. The highest BCUT2D eigenvalue weighted by molar-refractivity contribution is 5.66. The van der Waals surface area contributed by atoms with Crippen LogP contribution in [0.4, 0.5) is 0 Å². The van der Waals surface area contributed by atoms with Crippen molar-refractivity contribution in [2.24, 2.45) is 0 Å². The number of hydrogen-bond donors (Lipinski definition) is 3. The first-order valence-corrected chi connectivity index (χ1v) is 7.31. The summed E-state index contributed by atoms with van der Waals surface area (Å²) in [7, 11) is 1.46. The Bertz CT molecular complexity index is 310. The van der Waals surface area contributed by atoms with Crippen LogP contribution in [0.15, 0.2) is 0 Å². The van der Waals surface area contributed by atoms with E-state index < -0.39 is 36.5 Å². The lowest BCUT2D eigenvalue weighted by molar-refractivity contribution is -0.234. The molecule has 0 aliphatic carbocycles. The maximum absolute atomic E-state index is 10.3. The highest BCUT2D eigenvalue weighted by Gasteiger charge is 2.42. The summed E-state index contributed by atoms with van der Waals surface area (Å²) >= 11 is 0. The predicted molar refractivity (Wildman–Crippen MR) is 74.1 cm³/mol. The van der Waals surface area contributed by atoms with Gasteiger partial charge in [0.05, 0.1) is 12.7 Å². The van der Waals surface area contributed by atoms with E-state index in [2.05, 4.69) is 0 Å². The van der Waals surface area contributed by atoms with E-state index >= 15 is 0 Å². The molecular weight excluding hydrogens is 280 g/mol. The summed E-state index contributed by atoms with van der Waals surface area (Å²) in [5.74, 6) is -0.781. The van der Waals surface area contributed by atoms with Crippen LogP contribution in [-0.2, 0) is 19.0 Å². The summed E-state index contributed by atoms with van der Waals surface area (Å²) in [4.78, 5) is 10.3. The lowest BCUT2D eigenvalue weighted by Gasteiger charge is -2.40. The molecule has 0 spiro atoms. The number of aliphatic carboxylic acids is 1. The lowest BCUT2D eigenvalue weighted by atomic mass is 9.96. The number of carboxylic acids is 1. The third-order valence-corrected chi connectivity index (χ3v) is 3.66. The average Bonchev–Trinajstić information content (AvgIpc) is 2.43. The van der Waals surface area contributed by atoms with Gasteiger partial charge in [0.15, 0.2) is 0 Å². The Labute approximate surface area is 124 Å². The van der Waals surface area contributed by atoms with Crippen LogP contribution in [-0.4, -0.2) is 72.1 Å². The SMILES string of the molecule is CO[C@@H]1C(COCCCCCC(=O)O)O[C@H](C)C(O)[C@@H]1O. The molecule has 1 rings (SSSR count). The Kier molecular flexibility index (Phi) is 8.13. The number of methoxy groups -OCH3 is 1. The van der Waals surface area contributed by atoms with Crippen molar-refractivity contribution in [3.05, 3.63) is 0 Å². The van der Waals surface area contributed by atoms with Gasteiger partial charge < -0.3 is 29.5 Å². The summed E-state index contributed by atoms with van der Waals surface area (Å²) in [6, 6.07) is 0. The zero-order valence-electron chi connectivity index (χ0n) is 12.6. The van der Waals surface area contributed by atoms with E-state index in [0.717, 1.165) is 12.8 Å². The van der Waals surface area contributed by atoms with Crippen molar-refractivity contribution in [1.82, 2.24) is 0 Å². The molecule has 0 radical (unpaired) electrons. The van der Waals surface area contributed by atoms with Crippen LogP contribution in [0.25, 0.3) is 0 Å². The van der Waals surface area contributed by atoms with Gasteiger partial charge in [-0.05, 0) is 19.8 Å². The van der Waals surface area contributed by atoms with Gasteiger partial charge in [0.2, 0.25) is 0 Å². The van der Waals surface area contributed by atoms with Crippen molar-refractivity contribution in [2.75, 3.05) is 20.3 Å². The van der Waals surface area contributed by atoms with Crippen LogP contribution in [0.3, 0.4) is 0 Å². The van der Waals surface area contributed by atoms with Crippen molar-refractivity contribution in [2.45, 2.75) is 63.1 Å². The summed E-state index contributed by atoms with van der Waals surface area (Å²) in [5, 5.41) is 28.2. The molecule has 1 aliphatic heterocycles. The van der Waals surface area contributed by atoms with Gasteiger partial charge in [-0.25, -0.2) is 0 Å². The summed E-state index contributed by atoms with van der Waals surface area (Å²) < 4.78 is 16.3. The van der Waals surface area contributed by atoms with Crippen LogP contribution in [0.5, 0.6) is 0 Å². The zero-order chi connectivity index (χ0) is 15.8. The van der Waals surface area contributed by atoms with Crippen molar-refractivity contribution in [1.29, 1.82) is 0 Å². The number of unbranched alkanes of at least 4 members (excludes halogenated alkanes) is 2. The van der Waals surface area contributed by atoms with Crippen LogP contribution in [0, 0.1) is 0 Å². The second-order valence-corrected chi connectivity index (χ2v) is 5.34. The average molecular weight is 306 g/mol. The first-order chi connectivity index (χ1) is 9.97. The predicted octanol–water partition coefficient (Wildman–Crippen LogP) is 0.172. The molecule has 0 saturated carbocycles. The summed E-state index contributed by atoms with van der Waals surface area (Å²) in [6.45, 7) is 2.47. The van der Waals surface area contributed by atoms with Gasteiger partial charge in [-0.1, -0.05) is 6.42 Å². The van der Waals surface area contributed by atoms with Gasteiger partial charge in [0.25, 0.3) is 0 Å². The van der Waals surface area contributed by atoms with Gasteiger partial charge in [-0.2, -0.15) is 0 Å². The third kappa shape index (κ3) is 5.88. The number of rotatable bonds is 9. The quantitative estimate of drug-likeness (QED) is 0.521. The maximum Gasteiger partial charge on any atom is 0.303 e. The van der Waals surface area contributed by atoms with Gasteiger partial charge in [0.1, 0.15) is 24.4 Å². The Morgan fingerprint density at radius 1 is 1.19 bits per heavy atom. The standard InChI is InChI=1S/C14H26O7/c1-9-12(17)13(18)14(19-2)10(21-9)8-20-7-5-3-4-6-11(15)16/h9-10,12-14,17-18H,3-8H2,1-2H3,(H,15,16)/t9-,10?,12?,13+,14-/m1/s1. The molecule has 7 nitrogen and oxygen atoms in total. The van der Waals surface area contributed by atoms with E-state index in [1.165, 1.54) is 7.11 Å². The summed E-state index contributed by atoms with van der Waals surface area (Å²) in [6.07, 6.45) is -1.10. The maximum atomic E-state index is 10.3. The molecule has 0 amide bonds. The molecule has 21 heavy (non-hydrogen) atoms. The first-order valence-electron chi connectivity index (χ1n) is 7.31. The van der Waals surface area contributed by atoms with E-state index in [0.29, 0.717) is 13.0 Å². The second-order valence-electron chi connectivity index (χ2n) is 5.34. The van der Waals surface area contributed by atoms with Crippen molar-refractivity contribution in [3.8, 4) is 0 Å². The third-order valence-electron chi connectivity index (χ3n) is 3.66. The van der Waals surface area contributed by atoms with Gasteiger partial charge in [0, 0.05) is 20.1 Å². The topological polar surface area (TPSA) is 105 Å². The Morgan fingerprint density at radius 2 is 1.90 bits per heavy atom. The molecule has 1 heterocycles. The highest BCUT2D eigenvalue weighted by Crippen LogP contribution is 2.23. The molecule has 5 atom stereocenters. The zero-order valence-corrected chi connectivity index (χ0v) is 12.6. The number of hydrogen-bond acceptors (Lipinski definition) is 6. The normalized spacial score (nSPS) is 33.0. The number of aliphatic hydroxyl groups excluding tert-OH is 2. The van der Waals surface area contributed by atoms with Crippen molar-refractivity contribution in [3.63, 3.8) is 0 Å². The van der Waals surface area contributed by atoms with Crippen LogP contribution >= 0.6 is 0 Å². The minimum absolute atomic E-state index is 0.180. The lowest BCUT2D eigenvalue weighted by Crippen LogP contribution is -2.58. The van der Waals surface area contributed by atoms with Crippen LogP contribution in [0.2, 0.25) is 0 Å². The van der Waals surface area contributed by atoms with Gasteiger partial charge in [-0.3, -0.25) is 4.79 Å². The van der Waals surface area contributed by atoms with Crippen LogP contribution < -0.4 is 0 Å². The number of aliphatic hydroxyl groups is 2. The van der Waals surface area contributed by atoms with Crippen molar-refractivity contribution < 1.29 is 34.3 Å². The fourth-order valence-electron chi connectivity index (χ4n) is 2.41. The van der Waals surface area contributed by atoms with Crippen LogP contribution in [0.1, 0.15) is 32.6 Å². The molecular formula is C14H26O7. The molecule has 1 saturated heterocycles. The van der Waals surface area contributed by atoms with Gasteiger partial charge in [-0.15, -0.1) is 0 Å². The fourth-order valence-corrected chi connectivity index (χ4v) is 2.41. The van der Waals surface area contributed by atoms with Crippen molar-refractivity contribution >= 4 is 5.97 Å². The molecule has 0 aromatic heterocycles. The molecule has 124 valence electrons. The second kappa shape index (κ2) is 9.32. The Morgan fingerprint density at radius 3 is 2.52 bits per heavy atom. The Balaban J connectivity index is 2.22. The van der Waals surface area contributed by atoms with E-state index in [-0.39, 0.29) is 13.0 Å². The molecule has 1 aliphatic rings. The molecule has 0 aromatic carbocycles. The first kappa shape index (κ1) is 18.3. The van der Waals surface area contributed by atoms with E-state index in [4.69, 9.17) is 19.3 Å². The Hall–Kier alpha value is -0.730. The number of carboxylic acid groups (broad SMARTS) is 1. The minimum atomic E-state index is -0.997. The fraction of sp³-hybridized carbons (Fsp3) is 0.929. The summed E-state index contributed by atoms with van der Waals surface area (Å²) in [5.41, 5.74) is 0. The minimum Gasteiger partial charge on any atom is -0.481 e. The van der Waals surface area contributed by atoms with E-state index in [1.54, 1.807) is 6.92 Å². The number of carbonyl (C=O) groups is 1. The highest BCUT2D eigenvalue weighted by atomic mass is 16.6.